The predicted molar refractivity (Wildman–Crippen MR) is 84.3 cm³/mol. The van der Waals surface area contributed by atoms with Gasteiger partial charge in [-0.1, -0.05) is 32.0 Å². The number of nitrogens with zero attached hydrogens (tertiary/aromatic N) is 1. The van der Waals surface area contributed by atoms with Gasteiger partial charge in [-0.2, -0.15) is 0 Å². The van der Waals surface area contributed by atoms with Crippen LogP contribution in [0, 0.1) is 12.8 Å². The molecule has 0 saturated carbocycles. The molecule has 0 spiro atoms. The number of aryl methyl sites for hydroxylation is 1. The van der Waals surface area contributed by atoms with E-state index in [2.05, 4.69) is 43.2 Å². The lowest BCUT2D eigenvalue weighted by Crippen LogP contribution is -2.31. The number of hydrogen-bond acceptors (Lipinski definition) is 3. The molecular weight excluding hydrogens is 248 g/mol. The third kappa shape index (κ3) is 3.94. The fourth-order valence-electron chi connectivity index (χ4n) is 2.15. The Morgan fingerprint density at radius 2 is 1.90 bits per heavy atom. The topological polar surface area (TPSA) is 34.1 Å². The van der Waals surface area contributed by atoms with E-state index in [0.29, 0.717) is 5.92 Å². The molecular formula is C17H24N2O. The zero-order chi connectivity index (χ0) is 14.5. The van der Waals surface area contributed by atoms with Crippen molar-refractivity contribution in [2.75, 3.05) is 13.1 Å². The monoisotopic (exact) mass is 272 g/mol. The number of ether oxygens (including phenoxy) is 1. The summed E-state index contributed by atoms with van der Waals surface area (Å²) >= 11 is 0. The van der Waals surface area contributed by atoms with Crippen LogP contribution in [-0.4, -0.2) is 24.2 Å². The largest absolute Gasteiger partial charge is 0.487 e. The Kier molecular flexibility index (Phi) is 4.96. The molecule has 108 valence electrons. The van der Waals surface area contributed by atoms with Crippen LogP contribution in [-0.2, 0) is 0 Å². The molecule has 0 amide bonds. The van der Waals surface area contributed by atoms with Crippen LogP contribution in [0.5, 0.6) is 5.75 Å². The highest BCUT2D eigenvalue weighted by atomic mass is 16.5. The van der Waals surface area contributed by atoms with Gasteiger partial charge < -0.3 is 10.1 Å². The van der Waals surface area contributed by atoms with E-state index in [1.54, 1.807) is 0 Å². The van der Waals surface area contributed by atoms with Crippen molar-refractivity contribution < 1.29 is 4.74 Å². The maximum atomic E-state index is 6.04. The van der Waals surface area contributed by atoms with Crippen molar-refractivity contribution >= 4 is 10.9 Å². The Bertz CT molecular complexity index is 566. The Morgan fingerprint density at radius 1 is 1.10 bits per heavy atom. The van der Waals surface area contributed by atoms with Gasteiger partial charge in [-0.15, -0.1) is 0 Å². The van der Waals surface area contributed by atoms with Crippen LogP contribution in [0.25, 0.3) is 10.9 Å². The third-order valence-corrected chi connectivity index (χ3v) is 3.13. The first-order valence-corrected chi connectivity index (χ1v) is 7.30. The van der Waals surface area contributed by atoms with E-state index < -0.39 is 0 Å². The second-order valence-electron chi connectivity index (χ2n) is 5.76. The van der Waals surface area contributed by atoms with E-state index in [4.69, 9.17) is 4.74 Å². The molecule has 1 heterocycles. The average Bonchev–Trinajstić information content (AvgIpc) is 2.39. The lowest BCUT2D eigenvalue weighted by molar-refractivity contribution is 0.218. The molecule has 2 rings (SSSR count). The summed E-state index contributed by atoms with van der Waals surface area (Å²) in [6.07, 6.45) is 0.127. The number of benzene rings is 1. The smallest absolute Gasteiger partial charge is 0.146 e. The predicted octanol–water partition coefficient (Wildman–Crippen LogP) is 3.56. The van der Waals surface area contributed by atoms with Gasteiger partial charge in [-0.25, -0.2) is 4.98 Å². The highest BCUT2D eigenvalue weighted by molar-refractivity contribution is 5.84. The Morgan fingerprint density at radius 3 is 2.65 bits per heavy atom. The number of rotatable bonds is 6. The Labute approximate surface area is 121 Å². The molecule has 3 nitrogen and oxygen atoms in total. The lowest BCUT2D eigenvalue weighted by atomic mass is 10.2. The van der Waals surface area contributed by atoms with E-state index in [1.165, 1.54) is 0 Å². The number of fused-ring (bicyclic) bond motifs is 1. The first kappa shape index (κ1) is 14.8. The molecule has 0 fully saturated rings. The number of hydrogen-bond donors (Lipinski definition) is 1. The molecule has 1 aromatic heterocycles. The van der Waals surface area contributed by atoms with Gasteiger partial charge in [-0.05, 0) is 38.4 Å². The Hall–Kier alpha value is -1.61. The minimum absolute atomic E-state index is 0.127. The highest BCUT2D eigenvalue weighted by Crippen LogP contribution is 2.24. The molecule has 20 heavy (non-hydrogen) atoms. The maximum absolute atomic E-state index is 6.04. The van der Waals surface area contributed by atoms with Crippen molar-refractivity contribution in [3.63, 3.8) is 0 Å². The Balaban J connectivity index is 2.07. The maximum Gasteiger partial charge on any atom is 0.146 e. The van der Waals surface area contributed by atoms with E-state index >= 15 is 0 Å². The van der Waals surface area contributed by atoms with Crippen LogP contribution in [0.2, 0.25) is 0 Å². The highest BCUT2D eigenvalue weighted by Gasteiger charge is 2.08. The summed E-state index contributed by atoms with van der Waals surface area (Å²) in [4.78, 5) is 4.59. The van der Waals surface area contributed by atoms with Crippen molar-refractivity contribution in [3.8, 4) is 5.75 Å². The van der Waals surface area contributed by atoms with Gasteiger partial charge >= 0.3 is 0 Å². The van der Waals surface area contributed by atoms with Crippen molar-refractivity contribution in [1.82, 2.24) is 10.3 Å². The molecule has 0 aliphatic carbocycles. The first-order chi connectivity index (χ1) is 9.56. The molecule has 2 aromatic rings. The minimum atomic E-state index is 0.127. The van der Waals surface area contributed by atoms with Gasteiger partial charge in [0.1, 0.15) is 17.4 Å². The van der Waals surface area contributed by atoms with Gasteiger partial charge in [0.05, 0.1) is 0 Å². The normalized spacial score (nSPS) is 12.8. The summed E-state index contributed by atoms with van der Waals surface area (Å²) in [5.74, 6) is 1.52. The van der Waals surface area contributed by atoms with Crippen molar-refractivity contribution in [3.05, 3.63) is 36.0 Å². The standard InChI is InChI=1S/C17H24N2O/c1-12(2)10-18-11-14(4)20-16-7-5-6-15-9-8-13(3)19-17(15)16/h5-9,12,14,18H,10-11H2,1-4H3. The van der Waals surface area contributed by atoms with E-state index in [-0.39, 0.29) is 6.10 Å². The lowest BCUT2D eigenvalue weighted by Gasteiger charge is -2.17. The number of nitrogens with one attached hydrogen (secondary N) is 1. The number of para-hydroxylation sites is 1. The van der Waals surface area contributed by atoms with Gasteiger partial charge in [0.15, 0.2) is 0 Å². The summed E-state index contributed by atoms with van der Waals surface area (Å²) in [6.45, 7) is 10.4. The number of pyridine rings is 1. The van der Waals surface area contributed by atoms with Crippen LogP contribution in [0.3, 0.4) is 0 Å². The van der Waals surface area contributed by atoms with E-state index in [1.807, 2.05) is 25.1 Å². The van der Waals surface area contributed by atoms with Gasteiger partial charge in [0, 0.05) is 17.6 Å². The van der Waals surface area contributed by atoms with Gasteiger partial charge in [0.2, 0.25) is 0 Å². The molecule has 0 aliphatic rings. The van der Waals surface area contributed by atoms with Crippen LogP contribution < -0.4 is 10.1 Å². The molecule has 0 bridgehead atoms. The molecule has 1 N–H and O–H groups in total. The molecule has 1 unspecified atom stereocenters. The third-order valence-electron chi connectivity index (χ3n) is 3.13. The fourth-order valence-corrected chi connectivity index (χ4v) is 2.15. The zero-order valence-electron chi connectivity index (χ0n) is 12.8. The van der Waals surface area contributed by atoms with Crippen LogP contribution in [0.4, 0.5) is 0 Å². The van der Waals surface area contributed by atoms with Crippen molar-refractivity contribution in [1.29, 1.82) is 0 Å². The first-order valence-electron chi connectivity index (χ1n) is 7.30. The minimum Gasteiger partial charge on any atom is -0.487 e. The summed E-state index contributed by atoms with van der Waals surface area (Å²) in [5.41, 5.74) is 1.96. The molecule has 0 radical (unpaired) electrons. The number of aromatic nitrogens is 1. The van der Waals surface area contributed by atoms with Gasteiger partial charge in [-0.3, -0.25) is 0 Å². The molecule has 3 heteroatoms. The summed E-state index contributed by atoms with van der Waals surface area (Å²) in [6, 6.07) is 10.2. The summed E-state index contributed by atoms with van der Waals surface area (Å²) < 4.78 is 6.04. The molecule has 1 aromatic carbocycles. The van der Waals surface area contributed by atoms with Crippen molar-refractivity contribution in [2.24, 2.45) is 5.92 Å². The van der Waals surface area contributed by atoms with Crippen LogP contribution in [0.1, 0.15) is 26.5 Å². The van der Waals surface area contributed by atoms with E-state index in [0.717, 1.165) is 35.4 Å². The second-order valence-corrected chi connectivity index (χ2v) is 5.76. The van der Waals surface area contributed by atoms with E-state index in [9.17, 15) is 0 Å². The zero-order valence-corrected chi connectivity index (χ0v) is 12.8. The van der Waals surface area contributed by atoms with Crippen LogP contribution in [0.15, 0.2) is 30.3 Å². The summed E-state index contributed by atoms with van der Waals surface area (Å²) in [7, 11) is 0. The molecule has 0 aliphatic heterocycles. The second kappa shape index (κ2) is 6.71. The molecule has 1 atom stereocenters. The quantitative estimate of drug-likeness (QED) is 0.873. The summed E-state index contributed by atoms with van der Waals surface area (Å²) in [5, 5.41) is 4.54. The van der Waals surface area contributed by atoms with Crippen LogP contribution >= 0.6 is 0 Å². The SMILES string of the molecule is Cc1ccc2cccc(OC(C)CNCC(C)C)c2n1. The van der Waals surface area contributed by atoms with Crippen molar-refractivity contribution in [2.45, 2.75) is 33.8 Å². The fraction of sp³-hybridized carbons (Fsp3) is 0.471. The average molecular weight is 272 g/mol. The molecule has 0 saturated heterocycles. The van der Waals surface area contributed by atoms with Gasteiger partial charge in [0.25, 0.3) is 0 Å².